The lowest BCUT2D eigenvalue weighted by Crippen LogP contribution is -2.29. The molecule has 1 aromatic carbocycles. The van der Waals surface area contributed by atoms with Crippen molar-refractivity contribution in [3.63, 3.8) is 0 Å². The van der Waals surface area contributed by atoms with Gasteiger partial charge in [-0.1, -0.05) is 29.8 Å². The largest absolute Gasteiger partial charge is 0.387 e. The third kappa shape index (κ3) is 3.61. The van der Waals surface area contributed by atoms with Gasteiger partial charge in [-0.05, 0) is 25.5 Å². The Bertz CT molecular complexity index is 596. The Hall–Kier alpha value is -2.27. The Balaban J connectivity index is 1.94. The summed E-state index contributed by atoms with van der Waals surface area (Å²) in [6.45, 7) is 3.85. The fourth-order valence-corrected chi connectivity index (χ4v) is 1.77. The molecule has 104 valence electrons. The van der Waals surface area contributed by atoms with Crippen LogP contribution in [0.4, 0.5) is 0 Å². The van der Waals surface area contributed by atoms with Gasteiger partial charge in [-0.25, -0.2) is 9.97 Å². The predicted octanol–water partition coefficient (Wildman–Crippen LogP) is 1.56. The topological polar surface area (TPSA) is 75.1 Å². The Kier molecular flexibility index (Phi) is 4.42. The summed E-state index contributed by atoms with van der Waals surface area (Å²) in [4.78, 5) is 19.8. The monoisotopic (exact) mass is 271 g/mol. The van der Waals surface area contributed by atoms with Crippen LogP contribution in [-0.4, -0.2) is 27.5 Å². The molecule has 0 aliphatic rings. The molecular formula is C15H17N3O2. The van der Waals surface area contributed by atoms with Gasteiger partial charge in [-0.15, -0.1) is 0 Å². The number of amides is 1. The number of hydrogen-bond donors (Lipinski definition) is 2. The number of nitrogens with one attached hydrogen (secondary N) is 1. The van der Waals surface area contributed by atoms with Crippen molar-refractivity contribution < 1.29 is 9.90 Å². The summed E-state index contributed by atoms with van der Waals surface area (Å²) in [5.74, 6) is 0.221. The van der Waals surface area contributed by atoms with E-state index < -0.39 is 6.10 Å². The molecule has 1 aromatic heterocycles. The molecule has 0 spiro atoms. The third-order valence-electron chi connectivity index (χ3n) is 2.93. The highest BCUT2D eigenvalue weighted by Gasteiger charge is 2.11. The Morgan fingerprint density at radius 2 is 1.95 bits per heavy atom. The molecule has 0 bridgehead atoms. The van der Waals surface area contributed by atoms with Crippen molar-refractivity contribution in [2.24, 2.45) is 0 Å². The van der Waals surface area contributed by atoms with Gasteiger partial charge in [0, 0.05) is 12.7 Å². The molecule has 0 aliphatic heterocycles. The van der Waals surface area contributed by atoms with Gasteiger partial charge in [0.25, 0.3) is 5.91 Å². The minimum atomic E-state index is -0.734. The lowest BCUT2D eigenvalue weighted by Gasteiger charge is -2.12. The lowest BCUT2D eigenvalue weighted by atomic mass is 10.1. The number of benzene rings is 1. The molecule has 0 radical (unpaired) electrons. The van der Waals surface area contributed by atoms with Gasteiger partial charge >= 0.3 is 0 Å². The third-order valence-corrected chi connectivity index (χ3v) is 2.93. The summed E-state index contributed by atoms with van der Waals surface area (Å²) in [6.07, 6.45) is 0.802. The predicted molar refractivity (Wildman–Crippen MR) is 75.2 cm³/mol. The van der Waals surface area contributed by atoms with E-state index in [9.17, 15) is 9.90 Å². The smallest absolute Gasteiger partial charge is 0.270 e. The number of aromatic nitrogens is 2. The maximum atomic E-state index is 11.9. The van der Waals surface area contributed by atoms with Gasteiger partial charge in [0.05, 0.1) is 6.10 Å². The summed E-state index contributed by atoms with van der Waals surface area (Å²) >= 11 is 0. The number of hydrogen-bond acceptors (Lipinski definition) is 4. The zero-order valence-corrected chi connectivity index (χ0v) is 11.5. The highest BCUT2D eigenvalue weighted by Crippen LogP contribution is 2.12. The zero-order valence-electron chi connectivity index (χ0n) is 11.5. The molecule has 1 amide bonds. The maximum Gasteiger partial charge on any atom is 0.270 e. The molecular weight excluding hydrogens is 254 g/mol. The average Bonchev–Trinajstić information content (AvgIpc) is 2.45. The summed E-state index contributed by atoms with van der Waals surface area (Å²) in [5, 5.41) is 12.7. The standard InChI is InChI=1S/C15H17N3O2/c1-10-3-5-12(6-4-10)14(19)9-17-15(20)13-7-8-16-11(2)18-13/h3-8,14,19H,9H2,1-2H3,(H,17,20). The molecule has 5 nitrogen and oxygen atoms in total. The van der Waals surface area contributed by atoms with Crippen molar-refractivity contribution in [1.29, 1.82) is 0 Å². The minimum Gasteiger partial charge on any atom is -0.387 e. The van der Waals surface area contributed by atoms with Crippen LogP contribution in [-0.2, 0) is 0 Å². The van der Waals surface area contributed by atoms with Crippen molar-refractivity contribution in [1.82, 2.24) is 15.3 Å². The molecule has 0 saturated heterocycles. The summed E-state index contributed by atoms with van der Waals surface area (Å²) in [6, 6.07) is 9.09. The molecule has 2 N–H and O–H groups in total. The van der Waals surface area contributed by atoms with Crippen LogP contribution in [0.15, 0.2) is 36.5 Å². The molecule has 1 atom stereocenters. The molecule has 2 rings (SSSR count). The Morgan fingerprint density at radius 3 is 2.60 bits per heavy atom. The second-order valence-corrected chi connectivity index (χ2v) is 4.63. The quantitative estimate of drug-likeness (QED) is 0.885. The lowest BCUT2D eigenvalue weighted by molar-refractivity contribution is 0.0911. The van der Waals surface area contributed by atoms with Crippen molar-refractivity contribution in [2.45, 2.75) is 20.0 Å². The SMILES string of the molecule is Cc1ccc(C(O)CNC(=O)c2ccnc(C)n2)cc1. The zero-order chi connectivity index (χ0) is 14.5. The normalized spacial score (nSPS) is 11.9. The first kappa shape index (κ1) is 14.1. The van der Waals surface area contributed by atoms with E-state index in [-0.39, 0.29) is 12.5 Å². The first-order chi connectivity index (χ1) is 9.56. The van der Waals surface area contributed by atoms with E-state index in [1.807, 2.05) is 31.2 Å². The summed E-state index contributed by atoms with van der Waals surface area (Å²) in [5.41, 5.74) is 2.20. The number of aryl methyl sites for hydroxylation is 2. The van der Waals surface area contributed by atoms with Crippen molar-refractivity contribution in [3.05, 3.63) is 59.2 Å². The molecule has 0 fully saturated rings. The fraction of sp³-hybridized carbons (Fsp3) is 0.267. The van der Waals surface area contributed by atoms with Gasteiger partial charge in [0.15, 0.2) is 0 Å². The summed E-state index contributed by atoms with van der Waals surface area (Å²) in [7, 11) is 0. The molecule has 0 saturated carbocycles. The average molecular weight is 271 g/mol. The van der Waals surface area contributed by atoms with Crippen LogP contribution in [0.2, 0.25) is 0 Å². The molecule has 2 aromatic rings. The first-order valence-electron chi connectivity index (χ1n) is 6.39. The van der Waals surface area contributed by atoms with Crippen LogP contribution in [0.5, 0.6) is 0 Å². The van der Waals surface area contributed by atoms with Crippen LogP contribution in [0, 0.1) is 13.8 Å². The molecule has 1 heterocycles. The van der Waals surface area contributed by atoms with Gasteiger partial charge < -0.3 is 10.4 Å². The van der Waals surface area contributed by atoms with E-state index in [1.165, 1.54) is 6.20 Å². The molecule has 20 heavy (non-hydrogen) atoms. The minimum absolute atomic E-state index is 0.144. The van der Waals surface area contributed by atoms with Crippen molar-refractivity contribution in [3.8, 4) is 0 Å². The number of aliphatic hydroxyl groups excluding tert-OH is 1. The second-order valence-electron chi connectivity index (χ2n) is 4.63. The number of carbonyl (C=O) groups excluding carboxylic acids is 1. The van der Waals surface area contributed by atoms with Gasteiger partial charge in [0.1, 0.15) is 11.5 Å². The van der Waals surface area contributed by atoms with Crippen LogP contribution < -0.4 is 5.32 Å². The Labute approximate surface area is 117 Å². The van der Waals surface area contributed by atoms with Crippen LogP contribution in [0.1, 0.15) is 33.5 Å². The van der Waals surface area contributed by atoms with Gasteiger partial charge in [0.2, 0.25) is 0 Å². The van der Waals surface area contributed by atoms with E-state index >= 15 is 0 Å². The number of carbonyl (C=O) groups is 1. The highest BCUT2D eigenvalue weighted by molar-refractivity contribution is 5.92. The first-order valence-corrected chi connectivity index (χ1v) is 6.39. The van der Waals surface area contributed by atoms with E-state index in [1.54, 1.807) is 13.0 Å². The highest BCUT2D eigenvalue weighted by atomic mass is 16.3. The molecule has 5 heteroatoms. The van der Waals surface area contributed by atoms with Crippen LogP contribution in [0.3, 0.4) is 0 Å². The number of aliphatic hydroxyl groups is 1. The Morgan fingerprint density at radius 1 is 1.25 bits per heavy atom. The number of rotatable bonds is 4. The number of nitrogens with zero attached hydrogens (tertiary/aromatic N) is 2. The van der Waals surface area contributed by atoms with Crippen molar-refractivity contribution >= 4 is 5.91 Å². The fourth-order valence-electron chi connectivity index (χ4n) is 1.77. The van der Waals surface area contributed by atoms with Crippen LogP contribution >= 0.6 is 0 Å². The van der Waals surface area contributed by atoms with E-state index in [0.29, 0.717) is 11.5 Å². The van der Waals surface area contributed by atoms with E-state index in [2.05, 4.69) is 15.3 Å². The van der Waals surface area contributed by atoms with Crippen molar-refractivity contribution in [2.75, 3.05) is 6.54 Å². The van der Waals surface area contributed by atoms with E-state index in [4.69, 9.17) is 0 Å². The molecule has 0 aliphatic carbocycles. The van der Waals surface area contributed by atoms with Crippen LogP contribution in [0.25, 0.3) is 0 Å². The molecule has 1 unspecified atom stereocenters. The second kappa shape index (κ2) is 6.25. The van der Waals surface area contributed by atoms with E-state index in [0.717, 1.165) is 11.1 Å². The van der Waals surface area contributed by atoms with Gasteiger partial charge in [-0.3, -0.25) is 4.79 Å². The van der Waals surface area contributed by atoms with Gasteiger partial charge in [-0.2, -0.15) is 0 Å². The maximum absolute atomic E-state index is 11.9. The summed E-state index contributed by atoms with van der Waals surface area (Å²) < 4.78 is 0.